The molecule has 4 nitrogen and oxygen atoms in total. The SMILES string of the molecule is COc1ccc(C(O)c2cc(Cl)sc2Cl)c(OC)c1OC. The van der Waals surface area contributed by atoms with Crippen molar-refractivity contribution in [3.8, 4) is 17.2 Å². The second kappa shape index (κ2) is 6.75. The van der Waals surface area contributed by atoms with Crippen LogP contribution in [0.1, 0.15) is 17.2 Å². The monoisotopic (exact) mass is 348 g/mol. The Bertz CT molecular complexity index is 642. The molecule has 1 heterocycles. The summed E-state index contributed by atoms with van der Waals surface area (Å²) in [6, 6.07) is 5.03. The standard InChI is InChI=1S/C14H14Cl2O4S/c1-18-9-5-4-7(12(19-2)13(9)20-3)11(17)8-6-10(15)21-14(8)16/h4-6,11,17H,1-3H3. The molecule has 0 saturated heterocycles. The van der Waals surface area contributed by atoms with E-state index in [2.05, 4.69) is 0 Å². The lowest BCUT2D eigenvalue weighted by Crippen LogP contribution is -2.04. The number of ether oxygens (including phenoxy) is 3. The van der Waals surface area contributed by atoms with Crippen LogP contribution in [0.4, 0.5) is 0 Å². The molecule has 0 fully saturated rings. The molecule has 0 aliphatic rings. The average Bonchev–Trinajstić information content (AvgIpc) is 2.83. The highest BCUT2D eigenvalue weighted by Gasteiger charge is 2.24. The molecule has 1 N–H and O–H groups in total. The minimum absolute atomic E-state index is 0.391. The zero-order valence-corrected chi connectivity index (χ0v) is 14.0. The van der Waals surface area contributed by atoms with Crippen LogP contribution < -0.4 is 14.2 Å². The van der Waals surface area contributed by atoms with Crippen LogP contribution in [0.25, 0.3) is 0 Å². The molecule has 1 atom stereocenters. The van der Waals surface area contributed by atoms with Crippen molar-refractivity contribution in [2.45, 2.75) is 6.10 Å². The number of halogens is 2. The van der Waals surface area contributed by atoms with Crippen molar-refractivity contribution >= 4 is 34.5 Å². The van der Waals surface area contributed by atoms with Gasteiger partial charge in [0.1, 0.15) is 10.4 Å². The molecule has 0 saturated carbocycles. The third-order valence-electron chi connectivity index (χ3n) is 3.01. The predicted octanol–water partition coefficient (Wildman–Crippen LogP) is 4.16. The van der Waals surface area contributed by atoms with Gasteiger partial charge in [0.2, 0.25) is 5.75 Å². The Morgan fingerprint density at radius 3 is 2.14 bits per heavy atom. The van der Waals surface area contributed by atoms with E-state index in [4.69, 9.17) is 37.4 Å². The van der Waals surface area contributed by atoms with Crippen molar-refractivity contribution in [1.82, 2.24) is 0 Å². The Morgan fingerprint density at radius 2 is 1.67 bits per heavy atom. The molecule has 0 spiro atoms. The summed E-state index contributed by atoms with van der Waals surface area (Å²) in [4.78, 5) is 0. The van der Waals surface area contributed by atoms with Crippen molar-refractivity contribution in [1.29, 1.82) is 0 Å². The molecule has 2 aromatic rings. The molecule has 21 heavy (non-hydrogen) atoms. The summed E-state index contributed by atoms with van der Waals surface area (Å²) >= 11 is 13.2. The summed E-state index contributed by atoms with van der Waals surface area (Å²) in [6.45, 7) is 0. The van der Waals surface area contributed by atoms with Crippen LogP contribution in [0.15, 0.2) is 18.2 Å². The molecule has 0 radical (unpaired) electrons. The van der Waals surface area contributed by atoms with Crippen LogP contribution in [0.3, 0.4) is 0 Å². The van der Waals surface area contributed by atoms with Crippen LogP contribution in [-0.4, -0.2) is 26.4 Å². The zero-order chi connectivity index (χ0) is 15.6. The summed E-state index contributed by atoms with van der Waals surface area (Å²) in [5, 5.41) is 10.6. The highest BCUT2D eigenvalue weighted by molar-refractivity contribution is 7.20. The zero-order valence-electron chi connectivity index (χ0n) is 11.6. The molecule has 1 aromatic heterocycles. The maximum atomic E-state index is 10.6. The summed E-state index contributed by atoms with van der Waals surface area (Å²) < 4.78 is 16.8. The van der Waals surface area contributed by atoms with Gasteiger partial charge in [0.25, 0.3) is 0 Å². The number of hydrogen-bond donors (Lipinski definition) is 1. The Hall–Kier alpha value is -1.14. The predicted molar refractivity (Wildman–Crippen MR) is 84.5 cm³/mol. The van der Waals surface area contributed by atoms with E-state index in [9.17, 15) is 5.11 Å². The molecule has 7 heteroatoms. The second-order valence-electron chi connectivity index (χ2n) is 4.11. The second-order valence-corrected chi connectivity index (χ2v) is 6.39. The maximum absolute atomic E-state index is 10.6. The van der Waals surface area contributed by atoms with E-state index in [1.165, 1.54) is 32.7 Å². The van der Waals surface area contributed by atoms with Crippen LogP contribution in [0.2, 0.25) is 8.67 Å². The summed E-state index contributed by atoms with van der Waals surface area (Å²) in [7, 11) is 4.53. The van der Waals surface area contributed by atoms with E-state index in [0.717, 1.165) is 0 Å². The highest BCUT2D eigenvalue weighted by atomic mass is 35.5. The van der Waals surface area contributed by atoms with Gasteiger partial charge < -0.3 is 19.3 Å². The molecular weight excluding hydrogens is 335 g/mol. The van der Waals surface area contributed by atoms with E-state index in [0.29, 0.717) is 37.0 Å². The van der Waals surface area contributed by atoms with Crippen molar-refractivity contribution in [3.05, 3.63) is 38.0 Å². The van der Waals surface area contributed by atoms with Crippen LogP contribution in [0.5, 0.6) is 17.2 Å². The van der Waals surface area contributed by atoms with Crippen LogP contribution in [0, 0.1) is 0 Å². The Balaban J connectivity index is 2.55. The van der Waals surface area contributed by atoms with Gasteiger partial charge in [-0.3, -0.25) is 0 Å². The lowest BCUT2D eigenvalue weighted by molar-refractivity contribution is 0.213. The summed E-state index contributed by atoms with van der Waals surface area (Å²) in [5.41, 5.74) is 1.05. The molecule has 0 bridgehead atoms. The minimum Gasteiger partial charge on any atom is -0.493 e. The van der Waals surface area contributed by atoms with E-state index < -0.39 is 6.10 Å². The van der Waals surface area contributed by atoms with Crippen molar-refractivity contribution in [2.75, 3.05) is 21.3 Å². The molecular formula is C14H14Cl2O4S. The number of thiophene rings is 1. The quantitative estimate of drug-likeness (QED) is 0.881. The van der Waals surface area contributed by atoms with Crippen LogP contribution in [-0.2, 0) is 0 Å². The van der Waals surface area contributed by atoms with E-state index in [-0.39, 0.29) is 0 Å². The number of rotatable bonds is 5. The largest absolute Gasteiger partial charge is 0.493 e. The molecule has 1 unspecified atom stereocenters. The van der Waals surface area contributed by atoms with Gasteiger partial charge in [-0.15, -0.1) is 11.3 Å². The number of hydrogen-bond acceptors (Lipinski definition) is 5. The fourth-order valence-corrected chi connectivity index (χ4v) is 3.57. The number of methoxy groups -OCH3 is 3. The highest BCUT2D eigenvalue weighted by Crippen LogP contribution is 2.45. The first-order valence-corrected chi connectivity index (χ1v) is 7.52. The van der Waals surface area contributed by atoms with Gasteiger partial charge in [-0.25, -0.2) is 0 Å². The Kier molecular flexibility index (Phi) is 5.22. The van der Waals surface area contributed by atoms with Gasteiger partial charge in [0, 0.05) is 11.1 Å². The Morgan fingerprint density at radius 1 is 1.00 bits per heavy atom. The Labute approximate surface area is 136 Å². The van der Waals surface area contributed by atoms with Crippen molar-refractivity contribution in [3.63, 3.8) is 0 Å². The molecule has 114 valence electrons. The lowest BCUT2D eigenvalue weighted by Gasteiger charge is -2.18. The number of aliphatic hydroxyl groups excluding tert-OH is 1. The first-order valence-electron chi connectivity index (χ1n) is 5.95. The normalized spacial score (nSPS) is 12.1. The summed E-state index contributed by atoms with van der Waals surface area (Å²) in [5.74, 6) is 1.32. The molecule has 0 aliphatic heterocycles. The van der Waals surface area contributed by atoms with Gasteiger partial charge in [0.15, 0.2) is 11.5 Å². The molecule has 2 rings (SSSR count). The van der Waals surface area contributed by atoms with Crippen molar-refractivity contribution < 1.29 is 19.3 Å². The van der Waals surface area contributed by atoms with Gasteiger partial charge in [-0.1, -0.05) is 23.2 Å². The van der Waals surface area contributed by atoms with Gasteiger partial charge in [-0.2, -0.15) is 0 Å². The number of benzene rings is 1. The van der Waals surface area contributed by atoms with E-state index >= 15 is 0 Å². The lowest BCUT2D eigenvalue weighted by atomic mass is 10.0. The first kappa shape index (κ1) is 16.2. The van der Waals surface area contributed by atoms with Gasteiger partial charge >= 0.3 is 0 Å². The fourth-order valence-electron chi connectivity index (χ4n) is 2.05. The molecule has 1 aromatic carbocycles. The molecule has 0 amide bonds. The molecule has 0 aliphatic carbocycles. The van der Waals surface area contributed by atoms with E-state index in [1.807, 2.05) is 0 Å². The smallest absolute Gasteiger partial charge is 0.203 e. The van der Waals surface area contributed by atoms with Crippen molar-refractivity contribution in [2.24, 2.45) is 0 Å². The third-order valence-corrected chi connectivity index (χ3v) is 4.52. The maximum Gasteiger partial charge on any atom is 0.203 e. The van der Waals surface area contributed by atoms with Gasteiger partial charge in [-0.05, 0) is 18.2 Å². The number of aliphatic hydroxyl groups is 1. The van der Waals surface area contributed by atoms with Crippen LogP contribution >= 0.6 is 34.5 Å². The third kappa shape index (κ3) is 3.06. The summed E-state index contributed by atoms with van der Waals surface area (Å²) in [6.07, 6.45) is -0.976. The minimum atomic E-state index is -0.976. The first-order chi connectivity index (χ1) is 10.0. The topological polar surface area (TPSA) is 47.9 Å². The average molecular weight is 349 g/mol. The van der Waals surface area contributed by atoms with E-state index in [1.54, 1.807) is 18.2 Å². The van der Waals surface area contributed by atoms with Gasteiger partial charge in [0.05, 0.1) is 25.7 Å². The fraction of sp³-hybridized carbons (Fsp3) is 0.286.